The second-order valence-corrected chi connectivity index (χ2v) is 5.84. The molecule has 1 aromatic carbocycles. The number of aromatic nitrogens is 2. The molecule has 7 heteroatoms. The summed E-state index contributed by atoms with van der Waals surface area (Å²) in [6.07, 6.45) is 6.07. The molecule has 2 rings (SSSR count). The average Bonchev–Trinajstić information content (AvgIpc) is 3.05. The third kappa shape index (κ3) is 8.66. The molecule has 0 unspecified atom stereocenters. The number of nitrogens with one attached hydrogen (secondary N) is 2. The second kappa shape index (κ2) is 13.6. The molecule has 1 aromatic heterocycles. The largest absolute Gasteiger partial charge is 0.375 e. The highest BCUT2D eigenvalue weighted by molar-refractivity contribution is 14.0. The molecule has 0 aliphatic rings. The molecule has 0 amide bonds. The number of nitrogens with zero attached hydrogens (tertiary/aromatic N) is 3. The molecule has 0 aliphatic carbocycles. The molecule has 0 radical (unpaired) electrons. The number of aliphatic imine (C=N–C) groups is 1. The molecule has 0 saturated carbocycles. The lowest BCUT2D eigenvalue weighted by atomic mass is 10.2. The molecule has 0 bridgehead atoms. The smallest absolute Gasteiger partial charge is 0.191 e. The van der Waals surface area contributed by atoms with E-state index in [1.54, 1.807) is 7.05 Å². The molecule has 1 heterocycles. The quantitative estimate of drug-likeness (QED) is 0.242. The van der Waals surface area contributed by atoms with Gasteiger partial charge in [-0.25, -0.2) is 4.98 Å². The Bertz CT molecular complexity index is 630. The van der Waals surface area contributed by atoms with Crippen LogP contribution in [-0.2, 0) is 17.9 Å². The molecule has 6 nitrogen and oxygen atoms in total. The molecule has 2 N–H and O–H groups in total. The number of guanidine groups is 1. The van der Waals surface area contributed by atoms with Gasteiger partial charge in [-0.05, 0) is 25.3 Å². The summed E-state index contributed by atoms with van der Waals surface area (Å²) in [4.78, 5) is 8.46. The summed E-state index contributed by atoms with van der Waals surface area (Å²) in [7, 11) is 1.79. The number of imidazole rings is 1. The maximum atomic E-state index is 5.66. The van der Waals surface area contributed by atoms with Gasteiger partial charge >= 0.3 is 0 Å². The molecular formula is C19H30IN5O. The Hall–Kier alpha value is -1.61. The van der Waals surface area contributed by atoms with Gasteiger partial charge in [0.05, 0.1) is 13.2 Å². The van der Waals surface area contributed by atoms with Crippen molar-refractivity contribution in [2.45, 2.75) is 32.9 Å². The number of unbranched alkanes of at least 4 members (excludes halogenated alkanes) is 1. The maximum Gasteiger partial charge on any atom is 0.191 e. The summed E-state index contributed by atoms with van der Waals surface area (Å²) in [6.45, 7) is 5.97. The first-order valence-corrected chi connectivity index (χ1v) is 8.83. The van der Waals surface area contributed by atoms with E-state index in [4.69, 9.17) is 4.74 Å². The van der Waals surface area contributed by atoms with Crippen molar-refractivity contribution in [1.82, 2.24) is 20.2 Å². The van der Waals surface area contributed by atoms with Gasteiger partial charge in [-0.3, -0.25) is 4.99 Å². The zero-order chi connectivity index (χ0) is 17.7. The fourth-order valence-corrected chi connectivity index (χ4v) is 2.48. The van der Waals surface area contributed by atoms with Crippen LogP contribution in [0.1, 0.15) is 24.2 Å². The lowest BCUT2D eigenvalue weighted by Crippen LogP contribution is -2.39. The Kier molecular flexibility index (Phi) is 11.7. The highest BCUT2D eigenvalue weighted by atomic mass is 127. The number of aryl methyl sites for hydroxylation is 2. The molecule has 0 atom stereocenters. The number of rotatable bonds is 10. The van der Waals surface area contributed by atoms with Gasteiger partial charge < -0.3 is 19.9 Å². The zero-order valence-electron chi connectivity index (χ0n) is 15.6. The Morgan fingerprint density at radius 1 is 1.15 bits per heavy atom. The molecule has 0 saturated heterocycles. The molecule has 0 spiro atoms. The summed E-state index contributed by atoms with van der Waals surface area (Å²) < 4.78 is 7.83. The minimum atomic E-state index is 0. The van der Waals surface area contributed by atoms with Crippen molar-refractivity contribution in [3.8, 4) is 0 Å². The van der Waals surface area contributed by atoms with Crippen LogP contribution in [0.2, 0.25) is 0 Å². The van der Waals surface area contributed by atoms with E-state index in [0.29, 0.717) is 13.2 Å². The average molecular weight is 471 g/mol. The number of hydrogen-bond donors (Lipinski definition) is 2. The molecule has 0 fully saturated rings. The molecule has 144 valence electrons. The van der Waals surface area contributed by atoms with Gasteiger partial charge in [0.2, 0.25) is 0 Å². The molecule has 26 heavy (non-hydrogen) atoms. The van der Waals surface area contributed by atoms with E-state index in [1.165, 1.54) is 5.56 Å². The first-order chi connectivity index (χ1) is 12.3. The van der Waals surface area contributed by atoms with E-state index in [-0.39, 0.29) is 24.0 Å². The lowest BCUT2D eigenvalue weighted by molar-refractivity contribution is 0.125. The minimum Gasteiger partial charge on any atom is -0.375 e. The van der Waals surface area contributed by atoms with Crippen molar-refractivity contribution < 1.29 is 4.74 Å². The van der Waals surface area contributed by atoms with Crippen LogP contribution in [-0.4, -0.2) is 42.3 Å². The van der Waals surface area contributed by atoms with Gasteiger partial charge in [0, 0.05) is 39.1 Å². The van der Waals surface area contributed by atoms with Crippen LogP contribution in [0.25, 0.3) is 0 Å². The van der Waals surface area contributed by atoms with Crippen LogP contribution in [0, 0.1) is 6.92 Å². The fourth-order valence-electron chi connectivity index (χ4n) is 2.48. The number of hydrogen-bond acceptors (Lipinski definition) is 3. The van der Waals surface area contributed by atoms with Crippen LogP contribution >= 0.6 is 24.0 Å². The van der Waals surface area contributed by atoms with Crippen LogP contribution in [0.15, 0.2) is 47.7 Å². The third-order valence-corrected chi connectivity index (χ3v) is 3.92. The first kappa shape index (κ1) is 22.4. The normalized spacial score (nSPS) is 11.1. The predicted octanol–water partition coefficient (Wildman–Crippen LogP) is 2.97. The van der Waals surface area contributed by atoms with Gasteiger partial charge in [-0.15, -0.1) is 24.0 Å². The van der Waals surface area contributed by atoms with Gasteiger partial charge in [-0.2, -0.15) is 0 Å². The van der Waals surface area contributed by atoms with Crippen LogP contribution < -0.4 is 10.6 Å². The Balaban J connectivity index is 0.00000338. The number of benzene rings is 1. The standard InChI is InChI=1S/C19H29N5O.HI/c1-17-21-11-14-24(17)13-7-6-10-22-19(20-2)23-12-15-25-16-18-8-4-3-5-9-18;/h3-5,8-9,11,14H,6-7,10,12-13,15-16H2,1-2H3,(H2,20,22,23);1H. The summed E-state index contributed by atoms with van der Waals surface area (Å²) in [5, 5.41) is 6.60. The number of ether oxygens (including phenoxy) is 1. The molecule has 0 aliphatic heterocycles. The van der Waals surface area contributed by atoms with Gasteiger partial charge in [0.25, 0.3) is 0 Å². The predicted molar refractivity (Wildman–Crippen MR) is 117 cm³/mol. The van der Waals surface area contributed by atoms with Crippen molar-refractivity contribution in [3.63, 3.8) is 0 Å². The highest BCUT2D eigenvalue weighted by Crippen LogP contribution is 2.00. The van der Waals surface area contributed by atoms with E-state index in [0.717, 1.165) is 44.3 Å². The highest BCUT2D eigenvalue weighted by Gasteiger charge is 1.99. The van der Waals surface area contributed by atoms with E-state index >= 15 is 0 Å². The monoisotopic (exact) mass is 471 g/mol. The van der Waals surface area contributed by atoms with Crippen molar-refractivity contribution >= 4 is 29.9 Å². The van der Waals surface area contributed by atoms with Crippen LogP contribution in [0.4, 0.5) is 0 Å². The second-order valence-electron chi connectivity index (χ2n) is 5.84. The summed E-state index contributed by atoms with van der Waals surface area (Å²) in [5.41, 5.74) is 1.19. The third-order valence-electron chi connectivity index (χ3n) is 3.92. The topological polar surface area (TPSA) is 63.5 Å². The SMILES string of the molecule is CN=C(NCCCCn1ccnc1C)NCCOCc1ccccc1.I. The van der Waals surface area contributed by atoms with Crippen LogP contribution in [0.3, 0.4) is 0 Å². The Morgan fingerprint density at radius 2 is 1.92 bits per heavy atom. The molecule has 2 aromatic rings. The fraction of sp³-hybridized carbons (Fsp3) is 0.474. The summed E-state index contributed by atoms with van der Waals surface area (Å²) in [5.74, 6) is 1.89. The van der Waals surface area contributed by atoms with E-state index in [2.05, 4.69) is 37.3 Å². The minimum absolute atomic E-state index is 0. The van der Waals surface area contributed by atoms with E-state index in [9.17, 15) is 0 Å². The first-order valence-electron chi connectivity index (χ1n) is 8.83. The molecular weight excluding hydrogens is 441 g/mol. The Morgan fingerprint density at radius 3 is 2.62 bits per heavy atom. The summed E-state index contributed by atoms with van der Waals surface area (Å²) in [6, 6.07) is 10.2. The maximum absolute atomic E-state index is 5.66. The Labute approximate surface area is 173 Å². The van der Waals surface area contributed by atoms with E-state index in [1.807, 2.05) is 37.5 Å². The van der Waals surface area contributed by atoms with Crippen molar-refractivity contribution in [1.29, 1.82) is 0 Å². The zero-order valence-corrected chi connectivity index (χ0v) is 18.0. The number of halogens is 1. The summed E-state index contributed by atoms with van der Waals surface area (Å²) >= 11 is 0. The van der Waals surface area contributed by atoms with Gasteiger partial charge in [0.1, 0.15) is 5.82 Å². The van der Waals surface area contributed by atoms with Gasteiger partial charge in [0.15, 0.2) is 5.96 Å². The van der Waals surface area contributed by atoms with Gasteiger partial charge in [-0.1, -0.05) is 30.3 Å². The van der Waals surface area contributed by atoms with Crippen molar-refractivity contribution in [2.24, 2.45) is 4.99 Å². The van der Waals surface area contributed by atoms with Crippen LogP contribution in [0.5, 0.6) is 0 Å². The van der Waals surface area contributed by atoms with Crippen molar-refractivity contribution in [2.75, 3.05) is 26.7 Å². The van der Waals surface area contributed by atoms with Crippen molar-refractivity contribution in [3.05, 3.63) is 54.1 Å². The van der Waals surface area contributed by atoms with E-state index < -0.39 is 0 Å². The lowest BCUT2D eigenvalue weighted by Gasteiger charge is -2.12.